The van der Waals surface area contributed by atoms with Crippen molar-refractivity contribution in [2.24, 2.45) is 16.7 Å². The van der Waals surface area contributed by atoms with Gasteiger partial charge in [-0.2, -0.15) is 0 Å². The summed E-state index contributed by atoms with van der Waals surface area (Å²) in [7, 11) is 6.47. The van der Waals surface area contributed by atoms with Crippen molar-refractivity contribution in [1.82, 2.24) is 0 Å². The Kier molecular flexibility index (Phi) is 17.8. The van der Waals surface area contributed by atoms with Gasteiger partial charge in [0.25, 0.3) is 0 Å². The molecule has 78 heavy (non-hydrogen) atoms. The van der Waals surface area contributed by atoms with E-state index in [1.54, 1.807) is 65.7 Å². The lowest BCUT2D eigenvalue weighted by Gasteiger charge is -2.67. The number of carbonyl (C=O) groups excluding carboxylic acids is 3. The van der Waals surface area contributed by atoms with Gasteiger partial charge in [-0.15, -0.1) is 0 Å². The van der Waals surface area contributed by atoms with Crippen molar-refractivity contribution in [3.05, 3.63) is 47.5 Å². The van der Waals surface area contributed by atoms with Crippen LogP contribution in [0.3, 0.4) is 0 Å². The number of benzene rings is 1. The fraction of sp³-hybridized carbons (Fsp3) is 0.810. The second kappa shape index (κ2) is 23.3. The molecule has 9 rings (SSSR count). The highest BCUT2D eigenvalue weighted by molar-refractivity contribution is 5.90. The van der Waals surface area contributed by atoms with Crippen LogP contribution in [0.2, 0.25) is 0 Å². The number of hydrogen-bond donors (Lipinski definition) is 3. The first-order valence-electron chi connectivity index (χ1n) is 28.1. The first-order valence-corrected chi connectivity index (χ1v) is 28.1. The van der Waals surface area contributed by atoms with E-state index in [0.717, 1.165) is 5.57 Å². The maximum absolute atomic E-state index is 13.7. The third-order valence-electron chi connectivity index (χ3n) is 19.7. The molecule has 4 heterocycles. The topological polar surface area (TPSA) is 241 Å². The quantitative estimate of drug-likeness (QED) is 0.139. The number of methoxy groups -OCH3 is 4. The Morgan fingerprint density at radius 3 is 1.51 bits per heavy atom. The summed E-state index contributed by atoms with van der Waals surface area (Å²) in [6.07, 6.45) is -4.20. The summed E-state index contributed by atoms with van der Waals surface area (Å²) < 4.78 is 87.7. The van der Waals surface area contributed by atoms with Gasteiger partial charge in [-0.05, 0) is 104 Å². The number of fused-ring (bicyclic) bond motifs is 5. The molecule has 0 unspecified atom stereocenters. The molecule has 7 fully saturated rings. The third-order valence-corrected chi connectivity index (χ3v) is 19.7. The summed E-state index contributed by atoms with van der Waals surface area (Å²) in [5.74, 6) is -2.17. The van der Waals surface area contributed by atoms with Crippen molar-refractivity contribution in [2.45, 2.75) is 253 Å². The van der Waals surface area contributed by atoms with E-state index in [2.05, 4.69) is 6.92 Å². The van der Waals surface area contributed by atoms with Crippen molar-refractivity contribution in [3.63, 3.8) is 0 Å². The summed E-state index contributed by atoms with van der Waals surface area (Å²) >= 11 is 0. The maximum Gasteiger partial charge on any atom is 0.338 e. The van der Waals surface area contributed by atoms with Gasteiger partial charge in [-0.3, -0.25) is 9.59 Å². The number of ether oxygens (including phenoxy) is 14. The summed E-state index contributed by atoms with van der Waals surface area (Å²) in [5.41, 5.74) is -6.71. The first-order chi connectivity index (χ1) is 37.0. The predicted octanol–water partition coefficient (Wildman–Crippen LogP) is 5.41. The average Bonchev–Trinajstić information content (AvgIpc) is 3.63. The Balaban J connectivity index is 0.800. The molecule has 8 aliphatic rings. The Bertz CT molecular complexity index is 2300. The minimum Gasteiger partial charge on any atom is -0.458 e. The highest BCUT2D eigenvalue weighted by Gasteiger charge is 2.81. The number of Topliss-reactive ketones (excluding diaryl/α,β-unsaturated/α-hetero) is 1. The van der Waals surface area contributed by atoms with Crippen LogP contribution in [-0.4, -0.2) is 189 Å². The lowest BCUT2D eigenvalue weighted by Crippen LogP contribution is -2.78. The molecule has 4 saturated heterocycles. The van der Waals surface area contributed by atoms with Gasteiger partial charge in [0.15, 0.2) is 37.0 Å². The molecule has 1 aromatic carbocycles. The molecule has 4 aliphatic heterocycles. The summed E-state index contributed by atoms with van der Waals surface area (Å²) in [6.45, 7) is 13.9. The van der Waals surface area contributed by atoms with Crippen LogP contribution in [0.25, 0.3) is 0 Å². The average molecular weight is 1100 g/mol. The van der Waals surface area contributed by atoms with E-state index in [-0.39, 0.29) is 31.8 Å². The Hall–Kier alpha value is -3.03. The predicted molar refractivity (Wildman–Crippen MR) is 275 cm³/mol. The largest absolute Gasteiger partial charge is 0.458 e. The van der Waals surface area contributed by atoms with Crippen molar-refractivity contribution in [2.75, 3.05) is 28.4 Å². The molecule has 4 aliphatic carbocycles. The van der Waals surface area contributed by atoms with Crippen LogP contribution in [0, 0.1) is 16.7 Å². The molecule has 20 heteroatoms. The van der Waals surface area contributed by atoms with Crippen molar-refractivity contribution >= 4 is 17.7 Å². The SMILES string of the molecule is CO[C@H]1C[C@H](O[C@H]2CC[C@@]3(C)C(=CC[C@]4(O)[C@@H]3C[C@@H](OC(=O)c3ccccc3)[C@@]3(C)[C@]4(O)CC[C@@]3(O)C(C)=O)C2)O[C@H](C)[C@H]1O[C@H]1C[C@H](OC)[C@H](O[C@H]2C[C@@H](OC)[C@H](O[C@H]3C[C@@H](OC)[C@H](OC(C)=O)[C@@H](C)O3)[C@@H](C)O2)[C@@H](C)O1. The summed E-state index contributed by atoms with van der Waals surface area (Å²) in [4.78, 5) is 38.8. The van der Waals surface area contributed by atoms with Gasteiger partial charge in [0.05, 0.1) is 59.8 Å². The molecule has 0 amide bonds. The minimum absolute atomic E-state index is 0.0473. The van der Waals surface area contributed by atoms with Gasteiger partial charge in [-0.25, -0.2) is 4.79 Å². The van der Waals surface area contributed by atoms with E-state index in [1.165, 1.54) is 13.8 Å². The standard InChI is InChI=1S/C58H86O20/c1-30-49(73-35(6)60)39(65-9)26-46(70-30)76-51-32(3)72-48(28-41(51)67-11)78-52-33(4)71-47(27-42(52)68-12)77-50-31(2)69-45(25-40(50)66-10)74-38-19-20-54(7)37(24-38)18-21-57(63)43(54)29-44(75-53(61)36-16-14-13-15-17-36)55(8)56(62,34(5)59)22-23-58(55,57)64/h13-18,30-33,38-52,62-64H,19-29H2,1-12H3/t30-,31-,32-,33-,38+,39-,40+,41-,42+,43-,44-,45+,46+,47+,48+,49-,50-,51-,52-,54+,55-,56-,57+,58-/m1/s1. The zero-order chi connectivity index (χ0) is 56.3. The first kappa shape index (κ1) is 59.6. The molecule has 1 aromatic rings. The van der Waals surface area contributed by atoms with Crippen LogP contribution in [0.5, 0.6) is 0 Å². The van der Waals surface area contributed by atoms with Crippen molar-refractivity contribution in [3.8, 4) is 0 Å². The van der Waals surface area contributed by atoms with Crippen LogP contribution in [0.4, 0.5) is 0 Å². The smallest absolute Gasteiger partial charge is 0.338 e. The van der Waals surface area contributed by atoms with Gasteiger partial charge in [0, 0.05) is 67.0 Å². The molecule has 0 aromatic heterocycles. The molecule has 24 atom stereocenters. The lowest BCUT2D eigenvalue weighted by molar-refractivity contribution is -0.347. The highest BCUT2D eigenvalue weighted by Crippen LogP contribution is 2.71. The number of esters is 2. The van der Waals surface area contributed by atoms with E-state index in [9.17, 15) is 29.7 Å². The number of aliphatic hydroxyl groups is 3. The molecule has 0 bridgehead atoms. The van der Waals surface area contributed by atoms with Gasteiger partial charge in [0.2, 0.25) is 0 Å². The minimum atomic E-state index is -2.04. The second-order valence-electron chi connectivity index (χ2n) is 23.8. The molecule has 20 nitrogen and oxygen atoms in total. The number of hydrogen-bond acceptors (Lipinski definition) is 20. The van der Waals surface area contributed by atoms with Crippen LogP contribution >= 0.6 is 0 Å². The molecule has 3 N–H and O–H groups in total. The van der Waals surface area contributed by atoms with Crippen molar-refractivity contribution in [1.29, 1.82) is 0 Å². The van der Waals surface area contributed by atoms with Gasteiger partial charge in [-0.1, -0.05) is 36.8 Å². The fourth-order valence-corrected chi connectivity index (χ4v) is 15.2. The Labute approximate surface area is 458 Å². The van der Waals surface area contributed by atoms with E-state index >= 15 is 0 Å². The van der Waals surface area contributed by atoms with E-state index in [4.69, 9.17) is 66.3 Å². The zero-order valence-electron chi connectivity index (χ0n) is 47.5. The normalized spacial score (nSPS) is 47.4. The lowest BCUT2D eigenvalue weighted by atomic mass is 9.42. The highest BCUT2D eigenvalue weighted by atomic mass is 16.8. The van der Waals surface area contributed by atoms with E-state index in [0.29, 0.717) is 50.5 Å². The van der Waals surface area contributed by atoms with Crippen LogP contribution in [0.1, 0.15) is 136 Å². The third kappa shape index (κ3) is 10.6. The molecule has 438 valence electrons. The summed E-state index contributed by atoms with van der Waals surface area (Å²) in [5, 5.41) is 38.1. The van der Waals surface area contributed by atoms with Gasteiger partial charge in [0.1, 0.15) is 47.3 Å². The maximum atomic E-state index is 13.7. The number of rotatable bonds is 16. The Morgan fingerprint density at radius 2 is 1.05 bits per heavy atom. The molecule has 0 radical (unpaired) electrons. The summed E-state index contributed by atoms with van der Waals surface area (Å²) in [6, 6.07) is 8.52. The van der Waals surface area contributed by atoms with Crippen LogP contribution in [-0.2, 0) is 75.9 Å². The van der Waals surface area contributed by atoms with Gasteiger partial charge < -0.3 is 81.6 Å². The van der Waals surface area contributed by atoms with E-state index < -0.39 is 156 Å². The zero-order valence-corrected chi connectivity index (χ0v) is 47.5. The number of ketones is 1. The number of carbonyl (C=O) groups is 3. The monoisotopic (exact) mass is 1100 g/mol. The van der Waals surface area contributed by atoms with Crippen LogP contribution in [0.15, 0.2) is 42.0 Å². The molecular weight excluding hydrogens is 1020 g/mol. The fourth-order valence-electron chi connectivity index (χ4n) is 15.2. The Morgan fingerprint density at radius 1 is 0.590 bits per heavy atom. The molecule has 0 spiro atoms. The van der Waals surface area contributed by atoms with Crippen LogP contribution < -0.4 is 0 Å². The van der Waals surface area contributed by atoms with E-state index in [1.807, 2.05) is 33.8 Å². The van der Waals surface area contributed by atoms with Gasteiger partial charge >= 0.3 is 11.9 Å². The molecule has 3 saturated carbocycles. The second-order valence-corrected chi connectivity index (χ2v) is 23.8. The van der Waals surface area contributed by atoms with Crippen molar-refractivity contribution < 1.29 is 96.0 Å². The molecular formula is C58H86O20.